The summed E-state index contributed by atoms with van der Waals surface area (Å²) in [7, 11) is 0. The number of esters is 1. The number of aryl methyl sites for hydroxylation is 2. The lowest BCUT2D eigenvalue weighted by molar-refractivity contribution is -0.145. The number of hydrogen-bond acceptors (Lipinski definition) is 3. The summed E-state index contributed by atoms with van der Waals surface area (Å²) in [5.41, 5.74) is 3.03. The molecule has 5 heteroatoms. The SMILES string of the molecule is Cc1ccc(NC(=O)[C@@H]2[C@@H]3C[C@H]4[C@H](OC(=O)[C@@H]42)[C@@H]3Br)c(C)c1. The standard InChI is InChI=1S/C17H18BrNO3/c1-7-3-4-11(8(2)5-7)19-16(20)12-9-6-10-13(12)17(21)22-15(10)14(9)18/h3-5,9-10,12-15H,6H2,1-2H3,(H,19,20)/t9-,10+,12+,13-,14+,15-/m0/s1. The number of amides is 1. The van der Waals surface area contributed by atoms with Gasteiger partial charge in [-0.1, -0.05) is 33.6 Å². The maximum atomic E-state index is 12.8. The van der Waals surface area contributed by atoms with Crippen molar-refractivity contribution in [2.75, 3.05) is 5.32 Å². The molecule has 1 N–H and O–H groups in total. The average molecular weight is 364 g/mol. The molecular weight excluding hydrogens is 346 g/mol. The molecular formula is C17H18BrNO3. The summed E-state index contributed by atoms with van der Waals surface area (Å²) >= 11 is 3.64. The number of benzene rings is 1. The number of hydrogen-bond donors (Lipinski definition) is 1. The first kappa shape index (κ1) is 14.2. The molecule has 0 aromatic heterocycles. The Balaban J connectivity index is 1.59. The summed E-state index contributed by atoms with van der Waals surface area (Å²) in [6, 6.07) is 5.96. The maximum absolute atomic E-state index is 12.8. The minimum atomic E-state index is -0.277. The largest absolute Gasteiger partial charge is 0.461 e. The van der Waals surface area contributed by atoms with E-state index in [1.54, 1.807) is 0 Å². The van der Waals surface area contributed by atoms with Crippen LogP contribution in [0.1, 0.15) is 17.5 Å². The number of alkyl halides is 1. The third-order valence-electron chi connectivity index (χ3n) is 5.47. The van der Waals surface area contributed by atoms with E-state index in [1.165, 1.54) is 0 Å². The second kappa shape index (κ2) is 4.82. The molecule has 4 nitrogen and oxygen atoms in total. The van der Waals surface area contributed by atoms with Crippen LogP contribution in [-0.2, 0) is 14.3 Å². The number of ether oxygens (including phenoxy) is 1. The molecule has 4 rings (SSSR count). The molecule has 116 valence electrons. The first-order valence-corrected chi connectivity index (χ1v) is 8.61. The second-order valence-corrected chi connectivity index (χ2v) is 7.83. The number of nitrogens with one attached hydrogen (secondary N) is 1. The zero-order valence-electron chi connectivity index (χ0n) is 12.5. The lowest BCUT2D eigenvalue weighted by Crippen LogP contribution is -2.40. The van der Waals surface area contributed by atoms with Gasteiger partial charge < -0.3 is 10.1 Å². The first-order valence-electron chi connectivity index (χ1n) is 7.70. The summed E-state index contributed by atoms with van der Waals surface area (Å²) in [6.07, 6.45) is 0.870. The minimum Gasteiger partial charge on any atom is -0.461 e. The number of carbonyl (C=O) groups excluding carboxylic acids is 2. The maximum Gasteiger partial charge on any atom is 0.310 e. The van der Waals surface area contributed by atoms with Crippen molar-refractivity contribution in [1.29, 1.82) is 0 Å². The molecule has 0 unspecified atom stereocenters. The Hall–Kier alpha value is -1.36. The van der Waals surface area contributed by atoms with Crippen molar-refractivity contribution in [1.82, 2.24) is 0 Å². The highest BCUT2D eigenvalue weighted by Crippen LogP contribution is 2.60. The van der Waals surface area contributed by atoms with Crippen LogP contribution >= 0.6 is 15.9 Å². The molecule has 22 heavy (non-hydrogen) atoms. The van der Waals surface area contributed by atoms with Gasteiger partial charge in [0.1, 0.15) is 6.10 Å². The van der Waals surface area contributed by atoms with Gasteiger partial charge in [0.2, 0.25) is 5.91 Å². The summed E-state index contributed by atoms with van der Waals surface area (Å²) in [5.74, 6) is -0.378. The topological polar surface area (TPSA) is 55.4 Å². The first-order chi connectivity index (χ1) is 10.5. The Kier molecular flexibility index (Phi) is 3.12. The van der Waals surface area contributed by atoms with E-state index in [4.69, 9.17) is 4.74 Å². The van der Waals surface area contributed by atoms with Crippen LogP contribution in [0.15, 0.2) is 18.2 Å². The summed E-state index contributed by atoms with van der Waals surface area (Å²) in [4.78, 5) is 25.0. The molecule has 2 aliphatic carbocycles. The van der Waals surface area contributed by atoms with Gasteiger partial charge in [0.05, 0.1) is 16.7 Å². The van der Waals surface area contributed by atoms with E-state index < -0.39 is 0 Å². The Morgan fingerprint density at radius 3 is 2.82 bits per heavy atom. The average Bonchev–Trinajstić information content (AvgIpc) is 3.06. The molecule has 3 fully saturated rings. The van der Waals surface area contributed by atoms with Crippen molar-refractivity contribution >= 4 is 33.5 Å². The van der Waals surface area contributed by atoms with Crippen molar-refractivity contribution in [3.8, 4) is 0 Å². The van der Waals surface area contributed by atoms with E-state index in [-0.39, 0.29) is 46.5 Å². The molecule has 2 saturated carbocycles. The Morgan fingerprint density at radius 1 is 1.32 bits per heavy atom. The summed E-state index contributed by atoms with van der Waals surface area (Å²) in [6.45, 7) is 4.01. The molecule has 3 aliphatic rings. The van der Waals surface area contributed by atoms with Crippen LogP contribution in [0.2, 0.25) is 0 Å². The van der Waals surface area contributed by atoms with Gasteiger partial charge in [0, 0.05) is 11.6 Å². The molecule has 1 aromatic rings. The van der Waals surface area contributed by atoms with Crippen molar-refractivity contribution in [3.05, 3.63) is 29.3 Å². The van der Waals surface area contributed by atoms with E-state index in [9.17, 15) is 9.59 Å². The molecule has 1 aliphatic heterocycles. The monoisotopic (exact) mass is 363 g/mol. The molecule has 1 saturated heterocycles. The molecule has 0 spiro atoms. The second-order valence-electron chi connectivity index (χ2n) is 6.77. The molecule has 1 heterocycles. The third-order valence-corrected chi connectivity index (χ3v) is 6.67. The van der Waals surface area contributed by atoms with E-state index in [0.29, 0.717) is 0 Å². The van der Waals surface area contributed by atoms with Gasteiger partial charge in [0.25, 0.3) is 0 Å². The highest BCUT2D eigenvalue weighted by Gasteiger charge is 2.67. The molecule has 6 atom stereocenters. The Morgan fingerprint density at radius 2 is 2.09 bits per heavy atom. The van der Waals surface area contributed by atoms with Crippen molar-refractivity contribution in [2.24, 2.45) is 23.7 Å². The highest BCUT2D eigenvalue weighted by molar-refractivity contribution is 9.09. The van der Waals surface area contributed by atoms with E-state index in [2.05, 4.69) is 21.2 Å². The zero-order valence-corrected chi connectivity index (χ0v) is 14.1. The quantitative estimate of drug-likeness (QED) is 0.649. The Labute approximate surface area is 137 Å². The van der Waals surface area contributed by atoms with Crippen molar-refractivity contribution in [2.45, 2.75) is 31.2 Å². The van der Waals surface area contributed by atoms with E-state index in [0.717, 1.165) is 23.2 Å². The summed E-state index contributed by atoms with van der Waals surface area (Å²) in [5, 5.41) is 3.02. The highest BCUT2D eigenvalue weighted by atomic mass is 79.9. The number of fused-ring (bicyclic) bond motifs is 1. The predicted octanol–water partition coefficient (Wildman–Crippen LogP) is 2.81. The van der Waals surface area contributed by atoms with Gasteiger partial charge in [-0.05, 0) is 37.8 Å². The van der Waals surface area contributed by atoms with Gasteiger partial charge in [-0.3, -0.25) is 9.59 Å². The third kappa shape index (κ3) is 1.87. The number of anilines is 1. The molecule has 0 radical (unpaired) electrons. The van der Waals surface area contributed by atoms with Crippen LogP contribution in [0.5, 0.6) is 0 Å². The van der Waals surface area contributed by atoms with Crippen LogP contribution < -0.4 is 5.32 Å². The minimum absolute atomic E-state index is 0.0346. The van der Waals surface area contributed by atoms with Crippen LogP contribution in [0, 0.1) is 37.5 Å². The summed E-state index contributed by atoms with van der Waals surface area (Å²) < 4.78 is 5.46. The van der Waals surface area contributed by atoms with Gasteiger partial charge in [-0.25, -0.2) is 0 Å². The number of carbonyl (C=O) groups is 2. The van der Waals surface area contributed by atoms with Crippen LogP contribution in [0.25, 0.3) is 0 Å². The van der Waals surface area contributed by atoms with Gasteiger partial charge in [-0.15, -0.1) is 0 Å². The number of rotatable bonds is 2. The van der Waals surface area contributed by atoms with Gasteiger partial charge in [-0.2, -0.15) is 0 Å². The van der Waals surface area contributed by atoms with Crippen LogP contribution in [0.4, 0.5) is 5.69 Å². The van der Waals surface area contributed by atoms with Crippen LogP contribution in [-0.4, -0.2) is 22.8 Å². The van der Waals surface area contributed by atoms with Gasteiger partial charge in [0.15, 0.2) is 0 Å². The zero-order chi connectivity index (χ0) is 15.6. The van der Waals surface area contributed by atoms with Crippen LogP contribution in [0.3, 0.4) is 0 Å². The lowest BCUT2D eigenvalue weighted by atomic mass is 9.79. The smallest absolute Gasteiger partial charge is 0.310 e. The fourth-order valence-corrected chi connectivity index (χ4v) is 5.54. The normalized spacial score (nSPS) is 38.2. The van der Waals surface area contributed by atoms with Gasteiger partial charge >= 0.3 is 5.97 Å². The Bertz CT molecular complexity index is 674. The fourth-order valence-electron chi connectivity index (χ4n) is 4.50. The predicted molar refractivity (Wildman–Crippen MR) is 85.7 cm³/mol. The molecule has 1 aromatic carbocycles. The number of halogens is 1. The molecule has 2 bridgehead atoms. The van der Waals surface area contributed by atoms with E-state index >= 15 is 0 Å². The fraction of sp³-hybridized carbons (Fsp3) is 0.529. The molecule has 1 amide bonds. The van der Waals surface area contributed by atoms with Crippen molar-refractivity contribution < 1.29 is 14.3 Å². The lowest BCUT2D eigenvalue weighted by Gasteiger charge is -2.27. The van der Waals surface area contributed by atoms with E-state index in [1.807, 2.05) is 32.0 Å². The van der Waals surface area contributed by atoms with Crippen molar-refractivity contribution in [3.63, 3.8) is 0 Å².